The van der Waals surface area contributed by atoms with Crippen molar-refractivity contribution in [1.82, 2.24) is 4.98 Å². The number of ether oxygens (including phenoxy) is 2. The smallest absolute Gasteiger partial charge is 0.257 e. The summed E-state index contributed by atoms with van der Waals surface area (Å²) in [6, 6.07) is 13.1. The second-order valence-electron chi connectivity index (χ2n) is 6.43. The number of nitrogens with one attached hydrogen (secondary N) is 2. The topological polar surface area (TPSA) is 72.5 Å². The van der Waals surface area contributed by atoms with Gasteiger partial charge in [0.2, 0.25) is 0 Å². The third-order valence-electron chi connectivity index (χ3n) is 4.33. The van der Waals surface area contributed by atoms with E-state index in [2.05, 4.69) is 33.8 Å². The lowest BCUT2D eigenvalue weighted by Gasteiger charge is -2.13. The minimum Gasteiger partial charge on any atom is -0.497 e. The lowest BCUT2D eigenvalue weighted by Crippen LogP contribution is -2.13. The number of aryl methyl sites for hydroxylation is 2. The van der Waals surface area contributed by atoms with Gasteiger partial charge < -0.3 is 20.1 Å². The number of pyridine rings is 1. The van der Waals surface area contributed by atoms with Crippen molar-refractivity contribution in [2.45, 2.75) is 13.8 Å². The van der Waals surface area contributed by atoms with Crippen LogP contribution in [0, 0.1) is 13.8 Å². The van der Waals surface area contributed by atoms with E-state index in [0.717, 1.165) is 22.5 Å². The number of nitrogens with zero attached hydrogens (tertiary/aromatic N) is 1. The third kappa shape index (κ3) is 4.40. The van der Waals surface area contributed by atoms with Crippen molar-refractivity contribution in [2.24, 2.45) is 0 Å². The number of aromatic nitrogens is 1. The monoisotopic (exact) mass is 377 g/mol. The van der Waals surface area contributed by atoms with Crippen LogP contribution in [0.4, 0.5) is 17.1 Å². The van der Waals surface area contributed by atoms with Crippen molar-refractivity contribution in [3.05, 3.63) is 71.5 Å². The minimum absolute atomic E-state index is 0.277. The van der Waals surface area contributed by atoms with E-state index in [0.29, 0.717) is 22.7 Å². The highest BCUT2D eigenvalue weighted by Gasteiger charge is 2.12. The molecule has 144 valence electrons. The van der Waals surface area contributed by atoms with E-state index in [1.807, 2.05) is 13.8 Å². The van der Waals surface area contributed by atoms with Gasteiger partial charge in [0.25, 0.3) is 5.91 Å². The number of benzene rings is 2. The molecule has 0 spiro atoms. The van der Waals surface area contributed by atoms with Crippen molar-refractivity contribution in [3.63, 3.8) is 0 Å². The fraction of sp³-hybridized carbons (Fsp3) is 0.182. The summed E-state index contributed by atoms with van der Waals surface area (Å²) in [6.07, 6.45) is 3.21. The number of anilines is 3. The van der Waals surface area contributed by atoms with Crippen molar-refractivity contribution < 1.29 is 14.3 Å². The largest absolute Gasteiger partial charge is 0.497 e. The number of hydrogen-bond donors (Lipinski definition) is 2. The van der Waals surface area contributed by atoms with Gasteiger partial charge in [0.1, 0.15) is 11.5 Å². The summed E-state index contributed by atoms with van der Waals surface area (Å²) in [5, 5.41) is 6.18. The molecule has 0 saturated carbocycles. The van der Waals surface area contributed by atoms with Crippen LogP contribution in [0.25, 0.3) is 0 Å². The molecule has 6 nitrogen and oxygen atoms in total. The molecule has 3 aromatic rings. The summed E-state index contributed by atoms with van der Waals surface area (Å²) in [7, 11) is 3.12. The predicted octanol–water partition coefficient (Wildman–Crippen LogP) is 4.71. The Labute approximate surface area is 164 Å². The van der Waals surface area contributed by atoms with Gasteiger partial charge in [0.05, 0.1) is 37.4 Å². The Balaban J connectivity index is 1.80. The first-order valence-electron chi connectivity index (χ1n) is 8.83. The lowest BCUT2D eigenvalue weighted by atomic mass is 10.1. The molecule has 0 atom stereocenters. The Bertz CT molecular complexity index is 1000. The maximum Gasteiger partial charge on any atom is 0.257 e. The normalized spacial score (nSPS) is 10.3. The number of carbonyl (C=O) groups is 1. The van der Waals surface area contributed by atoms with Crippen LogP contribution in [-0.4, -0.2) is 25.1 Å². The summed E-state index contributed by atoms with van der Waals surface area (Å²) >= 11 is 0. The molecular formula is C22H23N3O3. The zero-order valence-electron chi connectivity index (χ0n) is 16.4. The molecule has 1 amide bonds. The molecule has 0 fully saturated rings. The third-order valence-corrected chi connectivity index (χ3v) is 4.33. The first-order valence-corrected chi connectivity index (χ1v) is 8.83. The Morgan fingerprint density at radius 2 is 1.75 bits per heavy atom. The number of hydrogen-bond acceptors (Lipinski definition) is 5. The number of carbonyl (C=O) groups excluding carboxylic acids is 1. The van der Waals surface area contributed by atoms with E-state index in [9.17, 15) is 4.79 Å². The van der Waals surface area contributed by atoms with Gasteiger partial charge in [0.15, 0.2) is 0 Å². The molecule has 6 heteroatoms. The maximum absolute atomic E-state index is 12.7. The summed E-state index contributed by atoms with van der Waals surface area (Å²) < 4.78 is 10.5. The maximum atomic E-state index is 12.7. The van der Waals surface area contributed by atoms with Crippen molar-refractivity contribution >= 4 is 23.0 Å². The van der Waals surface area contributed by atoms with Crippen LogP contribution in [0.5, 0.6) is 11.5 Å². The molecule has 0 radical (unpaired) electrons. The van der Waals surface area contributed by atoms with E-state index < -0.39 is 0 Å². The molecule has 2 N–H and O–H groups in total. The molecule has 0 aliphatic heterocycles. The molecular weight excluding hydrogens is 354 g/mol. The average Bonchev–Trinajstić information content (AvgIpc) is 2.71. The molecule has 0 bridgehead atoms. The lowest BCUT2D eigenvalue weighted by molar-refractivity contribution is 0.102. The van der Waals surface area contributed by atoms with E-state index >= 15 is 0 Å². The van der Waals surface area contributed by atoms with E-state index in [1.165, 1.54) is 6.20 Å². The van der Waals surface area contributed by atoms with Crippen LogP contribution in [0.2, 0.25) is 0 Å². The Kier molecular flexibility index (Phi) is 5.79. The second-order valence-corrected chi connectivity index (χ2v) is 6.43. The number of methoxy groups -OCH3 is 2. The standard InChI is InChI=1S/C22H23N3O3/c1-14-5-6-15(2)20(9-14)24-17-10-16(12-23-13-17)22(26)25-19-8-7-18(27-3)11-21(19)28-4/h5-13,24H,1-4H3,(H,25,26). The van der Waals surface area contributed by atoms with Gasteiger partial charge >= 0.3 is 0 Å². The highest BCUT2D eigenvalue weighted by Crippen LogP contribution is 2.29. The van der Waals surface area contributed by atoms with Gasteiger partial charge in [-0.05, 0) is 49.2 Å². The molecule has 0 saturated heterocycles. The second kappa shape index (κ2) is 8.43. The molecule has 0 unspecified atom stereocenters. The van der Waals surface area contributed by atoms with Crippen molar-refractivity contribution in [3.8, 4) is 11.5 Å². The molecule has 0 aliphatic rings. The van der Waals surface area contributed by atoms with E-state index in [-0.39, 0.29) is 5.91 Å². The summed E-state index contributed by atoms with van der Waals surface area (Å²) in [6.45, 7) is 4.07. The molecule has 1 aromatic heterocycles. The molecule has 2 aromatic carbocycles. The van der Waals surface area contributed by atoms with Crippen LogP contribution < -0.4 is 20.1 Å². The first kappa shape index (κ1) is 19.2. The summed E-state index contributed by atoms with van der Waals surface area (Å²) in [5.41, 5.74) is 4.98. The van der Waals surface area contributed by atoms with E-state index in [4.69, 9.17) is 9.47 Å². The van der Waals surface area contributed by atoms with Crippen LogP contribution in [0.3, 0.4) is 0 Å². The molecule has 3 rings (SSSR count). The Hall–Kier alpha value is -3.54. The average molecular weight is 377 g/mol. The van der Waals surface area contributed by atoms with Crippen LogP contribution in [0.15, 0.2) is 54.9 Å². The van der Waals surface area contributed by atoms with Crippen molar-refractivity contribution in [2.75, 3.05) is 24.9 Å². The van der Waals surface area contributed by atoms with Gasteiger partial charge in [-0.25, -0.2) is 0 Å². The first-order chi connectivity index (χ1) is 13.5. The Morgan fingerprint density at radius 1 is 0.929 bits per heavy atom. The quantitative estimate of drug-likeness (QED) is 0.651. The van der Waals surface area contributed by atoms with Crippen LogP contribution in [0.1, 0.15) is 21.5 Å². The highest BCUT2D eigenvalue weighted by atomic mass is 16.5. The van der Waals surface area contributed by atoms with Gasteiger partial charge in [-0.1, -0.05) is 12.1 Å². The highest BCUT2D eigenvalue weighted by molar-refractivity contribution is 6.05. The number of amides is 1. The van der Waals surface area contributed by atoms with Gasteiger partial charge in [-0.15, -0.1) is 0 Å². The number of rotatable bonds is 6. The molecule has 0 aliphatic carbocycles. The van der Waals surface area contributed by atoms with Gasteiger partial charge in [-0.3, -0.25) is 9.78 Å². The van der Waals surface area contributed by atoms with Crippen LogP contribution in [-0.2, 0) is 0 Å². The zero-order valence-corrected chi connectivity index (χ0v) is 16.4. The van der Waals surface area contributed by atoms with E-state index in [1.54, 1.807) is 44.7 Å². The summed E-state index contributed by atoms with van der Waals surface area (Å²) in [4.78, 5) is 16.9. The Morgan fingerprint density at radius 3 is 2.50 bits per heavy atom. The van der Waals surface area contributed by atoms with Gasteiger partial charge in [0, 0.05) is 18.0 Å². The minimum atomic E-state index is -0.277. The molecule has 28 heavy (non-hydrogen) atoms. The van der Waals surface area contributed by atoms with Gasteiger partial charge in [-0.2, -0.15) is 0 Å². The fourth-order valence-electron chi connectivity index (χ4n) is 2.75. The predicted molar refractivity (Wildman–Crippen MR) is 111 cm³/mol. The molecule has 1 heterocycles. The van der Waals surface area contributed by atoms with Crippen LogP contribution >= 0.6 is 0 Å². The SMILES string of the molecule is COc1ccc(NC(=O)c2cncc(Nc3cc(C)ccc3C)c2)c(OC)c1. The van der Waals surface area contributed by atoms with Crippen molar-refractivity contribution in [1.29, 1.82) is 0 Å². The summed E-state index contributed by atoms with van der Waals surface area (Å²) in [5.74, 6) is 0.891. The fourth-order valence-corrected chi connectivity index (χ4v) is 2.75. The zero-order chi connectivity index (χ0) is 20.1.